The Morgan fingerprint density at radius 2 is 1.25 bits per heavy atom. The van der Waals surface area contributed by atoms with E-state index in [-0.39, 0.29) is 48.6 Å². The predicted molar refractivity (Wildman–Crippen MR) is 64.7 cm³/mol. The number of aliphatic hydroxyl groups is 2. The third-order valence-corrected chi connectivity index (χ3v) is 1.81. The molecule has 0 heterocycles. The molecule has 94 valence electrons. The largest absolute Gasteiger partial charge is 0.511 e. The SMILES string of the molecule is CC(C)(C)C(=[OH+])/C=C(\O)C(C)(C)C.CO.[Zr]. The van der Waals surface area contributed by atoms with E-state index >= 15 is 0 Å². The minimum atomic E-state index is -0.306. The molecule has 0 saturated heterocycles. The first-order valence-electron chi connectivity index (χ1n) is 4.97. The van der Waals surface area contributed by atoms with Gasteiger partial charge in [0.05, 0.1) is 11.5 Å². The predicted octanol–water partition coefficient (Wildman–Crippen LogP) is 2.67. The van der Waals surface area contributed by atoms with E-state index < -0.39 is 0 Å². The first kappa shape index (κ1) is 21.3. The Kier molecular flexibility index (Phi) is 10.9. The summed E-state index contributed by atoms with van der Waals surface area (Å²) in [5.74, 6) is 0.417. The van der Waals surface area contributed by atoms with E-state index in [9.17, 15) is 9.90 Å². The van der Waals surface area contributed by atoms with E-state index in [1.54, 1.807) is 0 Å². The van der Waals surface area contributed by atoms with Gasteiger partial charge in [0, 0.05) is 38.7 Å². The van der Waals surface area contributed by atoms with Crippen molar-refractivity contribution in [1.29, 1.82) is 0 Å². The van der Waals surface area contributed by atoms with Crippen LogP contribution < -0.4 is 0 Å². The molecule has 0 unspecified atom stereocenters. The number of aliphatic hydroxyl groups excluding tert-OH is 2. The Hall–Kier alpha value is 0.0531. The molecule has 0 aliphatic heterocycles. The molecule has 16 heavy (non-hydrogen) atoms. The van der Waals surface area contributed by atoms with Gasteiger partial charge in [0.25, 0.3) is 0 Å². The smallest absolute Gasteiger partial charge is 0.325 e. The van der Waals surface area contributed by atoms with Crippen molar-refractivity contribution in [3.8, 4) is 0 Å². The van der Waals surface area contributed by atoms with E-state index in [0.29, 0.717) is 0 Å². The first-order valence-corrected chi connectivity index (χ1v) is 4.97. The van der Waals surface area contributed by atoms with Crippen molar-refractivity contribution in [1.82, 2.24) is 0 Å². The number of hydrogen-bond donors (Lipinski definition) is 2. The molecule has 3 nitrogen and oxygen atoms in total. The molecule has 0 radical (unpaired) electrons. The molecule has 0 spiro atoms. The zero-order chi connectivity index (χ0) is 12.9. The zero-order valence-corrected chi connectivity index (χ0v) is 13.9. The summed E-state index contributed by atoms with van der Waals surface area (Å²) in [5, 5.41) is 16.6. The normalized spacial score (nSPS) is 12.1. The van der Waals surface area contributed by atoms with Gasteiger partial charge in [-0.15, -0.1) is 0 Å². The molecule has 0 aromatic rings. The van der Waals surface area contributed by atoms with Crippen LogP contribution in [-0.4, -0.2) is 27.9 Å². The van der Waals surface area contributed by atoms with Gasteiger partial charge in [-0.2, -0.15) is 0 Å². The second-order valence-corrected chi connectivity index (χ2v) is 5.41. The monoisotopic (exact) mass is 307 g/mol. The minimum absolute atomic E-state index is 0. The Morgan fingerprint density at radius 1 is 0.938 bits per heavy atom. The van der Waals surface area contributed by atoms with Gasteiger partial charge >= 0.3 is 5.78 Å². The van der Waals surface area contributed by atoms with Crippen LogP contribution in [0.2, 0.25) is 0 Å². The summed E-state index contributed by atoms with van der Waals surface area (Å²) < 4.78 is 0. The Labute approximate surface area is 118 Å². The van der Waals surface area contributed by atoms with Crippen molar-refractivity contribution < 1.29 is 41.2 Å². The van der Waals surface area contributed by atoms with Gasteiger partial charge < -0.3 is 10.2 Å². The maximum atomic E-state index is 9.60. The quantitative estimate of drug-likeness (QED) is 0.444. The molecule has 0 aliphatic carbocycles. The average Bonchev–Trinajstić information content (AvgIpc) is 2.04. The molecule has 0 aromatic heterocycles. The van der Waals surface area contributed by atoms with Crippen LogP contribution in [0.25, 0.3) is 0 Å². The van der Waals surface area contributed by atoms with Gasteiger partial charge in [-0.05, 0) is 20.8 Å². The molecular weight excluding hydrogens is 283 g/mol. The van der Waals surface area contributed by atoms with E-state index in [1.807, 2.05) is 41.5 Å². The fourth-order valence-electron chi connectivity index (χ4n) is 0.563. The fourth-order valence-corrected chi connectivity index (χ4v) is 0.563. The van der Waals surface area contributed by atoms with E-state index in [4.69, 9.17) is 5.11 Å². The summed E-state index contributed by atoms with van der Waals surface area (Å²) in [6.45, 7) is 11.4. The summed E-state index contributed by atoms with van der Waals surface area (Å²) >= 11 is 0. The number of hydrogen-bond acceptors (Lipinski definition) is 2. The first-order chi connectivity index (χ1) is 6.55. The van der Waals surface area contributed by atoms with Crippen molar-refractivity contribution in [3.63, 3.8) is 0 Å². The number of carbonyl (C=O) groups excluding carboxylic acids is 1. The van der Waals surface area contributed by atoms with Gasteiger partial charge in [0.2, 0.25) is 0 Å². The molecule has 0 aromatic carbocycles. The van der Waals surface area contributed by atoms with Gasteiger partial charge in [-0.1, -0.05) is 20.8 Å². The molecule has 0 saturated carbocycles. The molecule has 3 N–H and O–H groups in total. The van der Waals surface area contributed by atoms with Gasteiger partial charge in [-0.25, -0.2) is 0 Å². The minimum Gasteiger partial charge on any atom is -0.511 e. The third kappa shape index (κ3) is 9.29. The van der Waals surface area contributed by atoms with Crippen molar-refractivity contribution in [2.75, 3.05) is 7.11 Å². The van der Waals surface area contributed by atoms with E-state index in [2.05, 4.69) is 0 Å². The maximum absolute atomic E-state index is 9.60. The number of allylic oxidation sites excluding steroid dienone is 2. The van der Waals surface area contributed by atoms with Crippen LogP contribution in [0.4, 0.5) is 0 Å². The summed E-state index contributed by atoms with van der Waals surface area (Å²) in [4.78, 5) is 9.60. The molecule has 0 amide bonds. The molecule has 0 fully saturated rings. The summed E-state index contributed by atoms with van der Waals surface area (Å²) in [6, 6.07) is 0. The fraction of sp³-hybridized carbons (Fsp3) is 0.750. The number of ketones is 1. The summed E-state index contributed by atoms with van der Waals surface area (Å²) in [7, 11) is 1.00. The van der Waals surface area contributed by atoms with Crippen LogP contribution in [0, 0.1) is 10.8 Å². The summed E-state index contributed by atoms with van der Waals surface area (Å²) in [5.41, 5.74) is -0.613. The Morgan fingerprint density at radius 3 is 1.44 bits per heavy atom. The van der Waals surface area contributed by atoms with Crippen LogP contribution in [-0.2, 0) is 26.2 Å². The van der Waals surface area contributed by atoms with Crippen LogP contribution in [0.1, 0.15) is 41.5 Å². The Balaban J connectivity index is -0.000000529. The van der Waals surface area contributed by atoms with Gasteiger partial charge in [0.1, 0.15) is 5.76 Å². The second-order valence-electron chi connectivity index (χ2n) is 5.41. The van der Waals surface area contributed by atoms with Crippen molar-refractivity contribution in [2.24, 2.45) is 10.8 Å². The Bertz CT molecular complexity index is 232. The van der Waals surface area contributed by atoms with E-state index in [1.165, 1.54) is 6.08 Å². The van der Waals surface area contributed by atoms with Crippen molar-refractivity contribution in [3.05, 3.63) is 11.8 Å². The van der Waals surface area contributed by atoms with Gasteiger partial charge in [-0.3, -0.25) is 4.79 Å². The van der Waals surface area contributed by atoms with Crippen LogP contribution in [0.3, 0.4) is 0 Å². The summed E-state index contributed by atoms with van der Waals surface area (Å²) in [6.07, 6.45) is 1.44. The van der Waals surface area contributed by atoms with Crippen LogP contribution in [0.15, 0.2) is 11.8 Å². The van der Waals surface area contributed by atoms with Crippen LogP contribution >= 0.6 is 0 Å². The van der Waals surface area contributed by atoms with Crippen molar-refractivity contribution in [2.45, 2.75) is 41.5 Å². The third-order valence-electron chi connectivity index (χ3n) is 1.81. The molecule has 0 aliphatic rings. The molecule has 0 atom stereocenters. The number of rotatable bonds is 1. The van der Waals surface area contributed by atoms with Crippen LogP contribution in [0.5, 0.6) is 0 Å². The molecule has 0 bridgehead atoms. The average molecular weight is 309 g/mol. The molecule has 4 heteroatoms. The van der Waals surface area contributed by atoms with E-state index in [0.717, 1.165) is 7.11 Å². The maximum Gasteiger partial charge on any atom is 0.325 e. The molecule has 0 rings (SSSR count). The van der Waals surface area contributed by atoms with Gasteiger partial charge in [0.15, 0.2) is 0 Å². The second kappa shape index (κ2) is 8.19. The van der Waals surface area contributed by atoms with Crippen molar-refractivity contribution >= 4 is 5.78 Å². The molecular formula is C12H25O3Zr+. The topological polar surface area (TPSA) is 61.9 Å². The standard InChI is InChI=1S/C11H20O2.CH4O.Zr/c1-10(2,3)8(12)7-9(13)11(4,5)6;1-2;/h7,12H,1-6H3;2H,1H3;/p+1/b8-7-;;. The zero-order valence-electron chi connectivity index (χ0n) is 11.4.